The van der Waals surface area contributed by atoms with E-state index in [0.717, 1.165) is 20.3 Å². The number of Topliss-reactive ketones (excluding diaryl/α,β-unsaturated/α-hetero) is 1. The number of hydrogen-bond donors (Lipinski definition) is 1. The standard InChI is InChI=1S/C16H8BrClN2OS/c17-10-4-12(22-8-10)3-9(6-19)16(21)14-7-20-15-5-11(18)1-2-13(14)15/h1-5,7-8,20H/b9-3+. The molecule has 0 spiro atoms. The summed E-state index contributed by atoms with van der Waals surface area (Å²) in [5, 5.41) is 12.5. The highest BCUT2D eigenvalue weighted by atomic mass is 79.9. The first-order valence-electron chi connectivity index (χ1n) is 6.25. The van der Waals surface area contributed by atoms with Gasteiger partial charge in [0.15, 0.2) is 0 Å². The molecule has 3 nitrogen and oxygen atoms in total. The van der Waals surface area contributed by atoms with Crippen LogP contribution < -0.4 is 0 Å². The molecule has 0 aliphatic heterocycles. The molecule has 0 amide bonds. The number of benzene rings is 1. The zero-order chi connectivity index (χ0) is 15.7. The summed E-state index contributed by atoms with van der Waals surface area (Å²) in [7, 11) is 0. The van der Waals surface area contributed by atoms with E-state index in [-0.39, 0.29) is 11.4 Å². The third-order valence-electron chi connectivity index (χ3n) is 3.13. The number of rotatable bonds is 3. The first-order chi connectivity index (χ1) is 10.6. The van der Waals surface area contributed by atoms with Gasteiger partial charge in [-0.15, -0.1) is 11.3 Å². The predicted octanol–water partition coefficient (Wildman–Crippen LogP) is 5.44. The molecule has 0 aliphatic rings. The van der Waals surface area contributed by atoms with Gasteiger partial charge in [-0.25, -0.2) is 0 Å². The number of aromatic nitrogens is 1. The van der Waals surface area contributed by atoms with Gasteiger partial charge in [0.05, 0.1) is 0 Å². The molecule has 3 aromatic rings. The molecule has 0 saturated heterocycles. The van der Waals surface area contributed by atoms with Crippen LogP contribution in [0.4, 0.5) is 0 Å². The summed E-state index contributed by atoms with van der Waals surface area (Å²) >= 11 is 10.8. The van der Waals surface area contributed by atoms with Gasteiger partial charge in [-0.3, -0.25) is 4.79 Å². The number of carbonyl (C=O) groups is 1. The van der Waals surface area contributed by atoms with Crippen LogP contribution >= 0.6 is 38.9 Å². The molecule has 0 unspecified atom stereocenters. The first kappa shape index (κ1) is 15.0. The molecular formula is C16H8BrClN2OS. The molecule has 108 valence electrons. The van der Waals surface area contributed by atoms with E-state index < -0.39 is 0 Å². The number of ketones is 1. The molecule has 1 aromatic carbocycles. The zero-order valence-electron chi connectivity index (χ0n) is 11.1. The highest BCUT2D eigenvalue weighted by molar-refractivity contribution is 9.10. The molecule has 6 heteroatoms. The molecule has 0 aliphatic carbocycles. The van der Waals surface area contributed by atoms with Gasteiger partial charge in [-0.1, -0.05) is 17.7 Å². The number of carbonyl (C=O) groups excluding carboxylic acids is 1. The topological polar surface area (TPSA) is 56.6 Å². The summed E-state index contributed by atoms with van der Waals surface area (Å²) in [5.41, 5.74) is 1.34. The normalized spacial score (nSPS) is 11.6. The van der Waals surface area contributed by atoms with E-state index in [2.05, 4.69) is 20.9 Å². The second kappa shape index (κ2) is 6.09. The Labute approximate surface area is 144 Å². The van der Waals surface area contributed by atoms with E-state index >= 15 is 0 Å². The molecule has 1 N–H and O–H groups in total. The largest absolute Gasteiger partial charge is 0.360 e. The fourth-order valence-electron chi connectivity index (χ4n) is 2.13. The summed E-state index contributed by atoms with van der Waals surface area (Å²) in [4.78, 5) is 16.5. The van der Waals surface area contributed by atoms with Crippen molar-refractivity contribution in [3.63, 3.8) is 0 Å². The molecule has 0 saturated carbocycles. The minimum atomic E-state index is -0.305. The van der Waals surface area contributed by atoms with Gasteiger partial charge in [-0.2, -0.15) is 5.26 Å². The Morgan fingerprint density at radius 2 is 2.23 bits per heavy atom. The summed E-state index contributed by atoms with van der Waals surface area (Å²) < 4.78 is 0.926. The van der Waals surface area contributed by atoms with Gasteiger partial charge >= 0.3 is 0 Å². The van der Waals surface area contributed by atoms with Crippen molar-refractivity contribution in [3.05, 3.63) is 61.4 Å². The third kappa shape index (κ3) is 2.86. The number of fused-ring (bicyclic) bond motifs is 1. The van der Waals surface area contributed by atoms with Crippen LogP contribution in [-0.4, -0.2) is 10.8 Å². The highest BCUT2D eigenvalue weighted by Gasteiger charge is 2.17. The number of nitriles is 1. The van der Waals surface area contributed by atoms with Crippen LogP contribution in [0.5, 0.6) is 0 Å². The number of H-pyrrole nitrogens is 1. The number of halogens is 2. The minimum absolute atomic E-state index is 0.102. The van der Waals surface area contributed by atoms with Gasteiger partial charge in [-0.05, 0) is 40.2 Å². The summed E-state index contributed by atoms with van der Waals surface area (Å²) in [6.45, 7) is 0. The molecule has 22 heavy (non-hydrogen) atoms. The Balaban J connectivity index is 2.04. The van der Waals surface area contributed by atoms with Crippen molar-refractivity contribution in [3.8, 4) is 6.07 Å². The molecule has 0 atom stereocenters. The Bertz CT molecular complexity index is 949. The van der Waals surface area contributed by atoms with Crippen molar-refractivity contribution < 1.29 is 4.79 Å². The molecular weight excluding hydrogens is 384 g/mol. The lowest BCUT2D eigenvalue weighted by Crippen LogP contribution is -2.00. The van der Waals surface area contributed by atoms with Crippen molar-refractivity contribution >= 4 is 61.6 Å². The summed E-state index contributed by atoms with van der Waals surface area (Å²) in [6.07, 6.45) is 3.21. The van der Waals surface area contributed by atoms with Gasteiger partial charge in [0, 0.05) is 42.4 Å². The van der Waals surface area contributed by atoms with Crippen molar-refractivity contribution in [2.75, 3.05) is 0 Å². The third-order valence-corrected chi connectivity index (χ3v) is 5.00. The second-order valence-corrected chi connectivity index (χ2v) is 6.85. The van der Waals surface area contributed by atoms with Crippen molar-refractivity contribution in [1.29, 1.82) is 5.26 Å². The van der Waals surface area contributed by atoms with Crippen molar-refractivity contribution in [2.45, 2.75) is 0 Å². The van der Waals surface area contributed by atoms with E-state index in [1.54, 1.807) is 30.5 Å². The number of thiophene rings is 1. The van der Waals surface area contributed by atoms with Crippen LogP contribution in [0.1, 0.15) is 15.2 Å². The average molecular weight is 392 g/mol. The molecule has 2 aromatic heterocycles. The zero-order valence-corrected chi connectivity index (χ0v) is 14.2. The van der Waals surface area contributed by atoms with E-state index in [9.17, 15) is 10.1 Å². The molecule has 0 radical (unpaired) electrons. The second-order valence-electron chi connectivity index (χ2n) is 4.56. The molecule has 2 heterocycles. The van der Waals surface area contributed by atoms with E-state index in [0.29, 0.717) is 10.6 Å². The fraction of sp³-hybridized carbons (Fsp3) is 0. The van der Waals surface area contributed by atoms with Crippen molar-refractivity contribution in [1.82, 2.24) is 4.98 Å². The van der Waals surface area contributed by atoms with E-state index in [1.165, 1.54) is 11.3 Å². The Kier molecular flexibility index (Phi) is 4.16. The fourth-order valence-corrected chi connectivity index (χ4v) is 3.67. The quantitative estimate of drug-likeness (QED) is 0.367. The van der Waals surface area contributed by atoms with Gasteiger partial charge in [0.1, 0.15) is 11.6 Å². The monoisotopic (exact) mass is 390 g/mol. The van der Waals surface area contributed by atoms with E-state index in [4.69, 9.17) is 11.6 Å². The number of hydrogen-bond acceptors (Lipinski definition) is 3. The maximum Gasteiger partial charge on any atom is 0.205 e. The van der Waals surface area contributed by atoms with Crippen LogP contribution in [0.3, 0.4) is 0 Å². The van der Waals surface area contributed by atoms with Crippen LogP contribution in [0, 0.1) is 11.3 Å². The number of nitrogens with one attached hydrogen (secondary N) is 1. The lowest BCUT2D eigenvalue weighted by Gasteiger charge is -1.98. The maximum absolute atomic E-state index is 12.6. The SMILES string of the molecule is N#C/C(=C\c1cc(Br)cs1)C(=O)c1c[nH]c2cc(Cl)ccc12. The number of nitrogens with zero attached hydrogens (tertiary/aromatic N) is 1. The van der Waals surface area contributed by atoms with Gasteiger partial charge < -0.3 is 4.98 Å². The van der Waals surface area contributed by atoms with Crippen LogP contribution in [0.25, 0.3) is 17.0 Å². The van der Waals surface area contributed by atoms with Crippen molar-refractivity contribution in [2.24, 2.45) is 0 Å². The van der Waals surface area contributed by atoms with Crippen LogP contribution in [0.2, 0.25) is 5.02 Å². The van der Waals surface area contributed by atoms with Gasteiger partial charge in [0.25, 0.3) is 0 Å². The average Bonchev–Trinajstić information content (AvgIpc) is 3.09. The number of allylic oxidation sites excluding steroid dienone is 1. The Morgan fingerprint density at radius 3 is 2.91 bits per heavy atom. The maximum atomic E-state index is 12.6. The Morgan fingerprint density at radius 1 is 1.41 bits per heavy atom. The van der Waals surface area contributed by atoms with Crippen LogP contribution in [-0.2, 0) is 0 Å². The van der Waals surface area contributed by atoms with Gasteiger partial charge in [0.2, 0.25) is 5.78 Å². The smallest absolute Gasteiger partial charge is 0.205 e. The molecule has 3 rings (SSSR count). The predicted molar refractivity (Wildman–Crippen MR) is 93.2 cm³/mol. The first-order valence-corrected chi connectivity index (χ1v) is 8.30. The lowest BCUT2D eigenvalue weighted by molar-refractivity contribution is 0.104. The Hall–Kier alpha value is -1.87. The lowest BCUT2D eigenvalue weighted by atomic mass is 10.0. The number of aromatic amines is 1. The summed E-state index contributed by atoms with van der Waals surface area (Å²) in [5.74, 6) is -0.305. The highest BCUT2D eigenvalue weighted by Crippen LogP contribution is 2.26. The summed E-state index contributed by atoms with van der Waals surface area (Å²) in [6, 6.07) is 9.10. The van der Waals surface area contributed by atoms with Crippen LogP contribution in [0.15, 0.2) is 45.9 Å². The molecule has 0 fully saturated rings. The molecule has 0 bridgehead atoms. The minimum Gasteiger partial charge on any atom is -0.360 e. The van der Waals surface area contributed by atoms with E-state index in [1.807, 2.05) is 17.5 Å².